The topological polar surface area (TPSA) is 41.5 Å². The van der Waals surface area contributed by atoms with E-state index in [1.807, 2.05) is 0 Å². The Kier molecular flexibility index (Phi) is 1.72. The largest absolute Gasteiger partial charge is 0.388 e. The van der Waals surface area contributed by atoms with Gasteiger partial charge < -0.3 is 15.2 Å². The molecule has 0 amide bonds. The lowest BCUT2D eigenvalue weighted by Gasteiger charge is -2.37. The molecule has 2 rings (SSSR count). The molecule has 0 aromatic carbocycles. The minimum Gasteiger partial charge on any atom is -0.388 e. The van der Waals surface area contributed by atoms with Crippen LogP contribution in [0.5, 0.6) is 0 Å². The molecule has 0 spiro atoms. The summed E-state index contributed by atoms with van der Waals surface area (Å²) in [5.74, 6) is 0. The summed E-state index contributed by atoms with van der Waals surface area (Å²) in [5, 5.41) is 13.1. The highest BCUT2D eigenvalue weighted by atomic mass is 16.5. The van der Waals surface area contributed by atoms with Crippen LogP contribution in [0.3, 0.4) is 0 Å². The van der Waals surface area contributed by atoms with Gasteiger partial charge in [-0.15, -0.1) is 0 Å². The number of ether oxygens (including phenoxy) is 1. The number of morpholine rings is 1. The Morgan fingerprint density at radius 2 is 2.08 bits per heavy atom. The average Bonchev–Trinajstić information content (AvgIpc) is 2.68. The Morgan fingerprint density at radius 3 is 2.50 bits per heavy atom. The average molecular weight is 171 g/mol. The van der Waals surface area contributed by atoms with Crippen molar-refractivity contribution < 1.29 is 9.84 Å². The van der Waals surface area contributed by atoms with Gasteiger partial charge in [-0.3, -0.25) is 0 Å². The molecule has 70 valence electrons. The molecule has 0 bridgehead atoms. The molecule has 2 aliphatic rings. The molecule has 0 aromatic rings. The fourth-order valence-electron chi connectivity index (χ4n) is 1.61. The second-order valence-corrected chi connectivity index (χ2v) is 4.61. The summed E-state index contributed by atoms with van der Waals surface area (Å²) >= 11 is 0. The summed E-state index contributed by atoms with van der Waals surface area (Å²) in [7, 11) is 0. The van der Waals surface area contributed by atoms with Crippen molar-refractivity contribution in [2.45, 2.75) is 43.9 Å². The van der Waals surface area contributed by atoms with Crippen LogP contribution in [0.25, 0.3) is 0 Å². The van der Waals surface area contributed by atoms with E-state index in [0.29, 0.717) is 6.61 Å². The third-order valence-corrected chi connectivity index (χ3v) is 2.83. The molecule has 12 heavy (non-hydrogen) atoms. The van der Waals surface area contributed by atoms with Gasteiger partial charge in [0.2, 0.25) is 0 Å². The maximum absolute atomic E-state index is 9.78. The Bertz CT molecular complexity index is 177. The summed E-state index contributed by atoms with van der Waals surface area (Å²) in [6.45, 7) is 5.60. The van der Waals surface area contributed by atoms with Gasteiger partial charge in [0.25, 0.3) is 0 Å². The van der Waals surface area contributed by atoms with Crippen molar-refractivity contribution in [2.24, 2.45) is 0 Å². The molecule has 2 fully saturated rings. The molecule has 0 radical (unpaired) electrons. The van der Waals surface area contributed by atoms with Gasteiger partial charge in [0.05, 0.1) is 23.9 Å². The maximum Gasteiger partial charge on any atom is 0.0824 e. The molecule has 1 aliphatic heterocycles. The van der Waals surface area contributed by atoms with Gasteiger partial charge in [-0.2, -0.15) is 0 Å². The van der Waals surface area contributed by atoms with Crippen molar-refractivity contribution in [1.82, 2.24) is 5.32 Å². The lowest BCUT2D eigenvalue weighted by atomic mass is 10.0. The van der Waals surface area contributed by atoms with Gasteiger partial charge in [-0.05, 0) is 26.7 Å². The standard InChI is InChI=1S/C9H17NO2/c1-8(2)6-10-7(5-12-8)9(11)3-4-9/h7,10-11H,3-6H2,1-2H3. The maximum atomic E-state index is 9.78. The van der Waals surface area contributed by atoms with Gasteiger partial charge in [0.15, 0.2) is 0 Å². The minimum absolute atomic E-state index is 0.0677. The molecule has 3 heteroatoms. The molecular weight excluding hydrogens is 154 g/mol. The normalized spacial score (nSPS) is 37.8. The Balaban J connectivity index is 1.90. The molecule has 0 aromatic heterocycles. The predicted molar refractivity (Wildman–Crippen MR) is 46.0 cm³/mol. The SMILES string of the molecule is CC1(C)CNC(C2(O)CC2)CO1. The minimum atomic E-state index is -0.448. The van der Waals surface area contributed by atoms with E-state index in [1.165, 1.54) is 0 Å². The first-order valence-corrected chi connectivity index (χ1v) is 4.62. The first-order chi connectivity index (χ1) is 5.52. The summed E-state index contributed by atoms with van der Waals surface area (Å²) in [5.41, 5.74) is -0.516. The van der Waals surface area contributed by atoms with Crippen molar-refractivity contribution in [3.8, 4) is 0 Å². The fourth-order valence-corrected chi connectivity index (χ4v) is 1.61. The van der Waals surface area contributed by atoms with Crippen LogP contribution in [-0.2, 0) is 4.74 Å². The van der Waals surface area contributed by atoms with Crippen LogP contribution in [0.2, 0.25) is 0 Å². The number of rotatable bonds is 1. The number of hydrogen-bond acceptors (Lipinski definition) is 3. The van der Waals surface area contributed by atoms with Gasteiger partial charge in [0, 0.05) is 6.54 Å². The molecule has 2 N–H and O–H groups in total. The molecular formula is C9H17NO2. The van der Waals surface area contributed by atoms with E-state index in [9.17, 15) is 5.11 Å². The zero-order valence-corrected chi connectivity index (χ0v) is 7.76. The number of hydrogen-bond donors (Lipinski definition) is 2. The lowest BCUT2D eigenvalue weighted by molar-refractivity contribution is -0.0849. The second-order valence-electron chi connectivity index (χ2n) is 4.61. The Labute approximate surface area is 73.1 Å². The Hall–Kier alpha value is -0.120. The van der Waals surface area contributed by atoms with E-state index in [-0.39, 0.29) is 11.6 Å². The molecule has 1 heterocycles. The van der Waals surface area contributed by atoms with E-state index >= 15 is 0 Å². The zero-order chi connectivity index (χ0) is 8.82. The molecule has 1 saturated carbocycles. The third-order valence-electron chi connectivity index (χ3n) is 2.83. The van der Waals surface area contributed by atoms with E-state index in [4.69, 9.17) is 4.74 Å². The van der Waals surface area contributed by atoms with Crippen LogP contribution in [0.4, 0.5) is 0 Å². The van der Waals surface area contributed by atoms with Crippen LogP contribution >= 0.6 is 0 Å². The van der Waals surface area contributed by atoms with E-state index < -0.39 is 5.60 Å². The molecule has 3 nitrogen and oxygen atoms in total. The highest BCUT2D eigenvalue weighted by molar-refractivity contribution is 5.05. The lowest BCUT2D eigenvalue weighted by Crippen LogP contribution is -2.56. The first-order valence-electron chi connectivity index (χ1n) is 4.62. The van der Waals surface area contributed by atoms with Crippen LogP contribution < -0.4 is 5.32 Å². The van der Waals surface area contributed by atoms with Crippen LogP contribution in [0.1, 0.15) is 26.7 Å². The monoisotopic (exact) mass is 171 g/mol. The summed E-state index contributed by atoms with van der Waals surface area (Å²) in [6.07, 6.45) is 1.85. The van der Waals surface area contributed by atoms with Crippen LogP contribution in [0, 0.1) is 0 Å². The van der Waals surface area contributed by atoms with E-state index in [1.54, 1.807) is 0 Å². The summed E-state index contributed by atoms with van der Waals surface area (Å²) in [4.78, 5) is 0. The molecule has 1 atom stereocenters. The Morgan fingerprint density at radius 1 is 1.42 bits per heavy atom. The van der Waals surface area contributed by atoms with Gasteiger partial charge in [-0.25, -0.2) is 0 Å². The van der Waals surface area contributed by atoms with Gasteiger partial charge in [0.1, 0.15) is 0 Å². The molecule has 1 unspecified atom stereocenters. The van der Waals surface area contributed by atoms with Crippen molar-refractivity contribution in [1.29, 1.82) is 0 Å². The van der Waals surface area contributed by atoms with E-state index in [2.05, 4.69) is 19.2 Å². The highest BCUT2D eigenvalue weighted by Gasteiger charge is 2.49. The summed E-state index contributed by atoms with van der Waals surface area (Å²) in [6, 6.07) is 0.158. The predicted octanol–water partition coefficient (Wildman–Crippen LogP) is 0.278. The van der Waals surface area contributed by atoms with Crippen molar-refractivity contribution in [3.63, 3.8) is 0 Å². The van der Waals surface area contributed by atoms with E-state index in [0.717, 1.165) is 19.4 Å². The summed E-state index contributed by atoms with van der Waals surface area (Å²) < 4.78 is 5.62. The van der Waals surface area contributed by atoms with Crippen LogP contribution in [-0.4, -0.2) is 35.5 Å². The smallest absolute Gasteiger partial charge is 0.0824 e. The van der Waals surface area contributed by atoms with Crippen molar-refractivity contribution >= 4 is 0 Å². The quantitative estimate of drug-likeness (QED) is 0.595. The van der Waals surface area contributed by atoms with Gasteiger partial charge >= 0.3 is 0 Å². The molecule has 1 saturated heterocycles. The van der Waals surface area contributed by atoms with Crippen LogP contribution in [0.15, 0.2) is 0 Å². The van der Waals surface area contributed by atoms with Gasteiger partial charge in [-0.1, -0.05) is 0 Å². The third kappa shape index (κ3) is 1.49. The zero-order valence-electron chi connectivity index (χ0n) is 7.76. The highest BCUT2D eigenvalue weighted by Crippen LogP contribution is 2.39. The number of aliphatic hydroxyl groups is 1. The second kappa shape index (κ2) is 2.44. The van der Waals surface area contributed by atoms with Crippen molar-refractivity contribution in [2.75, 3.05) is 13.2 Å². The number of nitrogens with one attached hydrogen (secondary N) is 1. The fraction of sp³-hybridized carbons (Fsp3) is 1.00. The van der Waals surface area contributed by atoms with Crippen molar-refractivity contribution in [3.05, 3.63) is 0 Å². The molecule has 1 aliphatic carbocycles. The first kappa shape index (κ1) is 8.48.